The van der Waals surface area contributed by atoms with Gasteiger partial charge in [0.05, 0.1) is 16.6 Å². The molecule has 154 valence electrons. The average molecular weight is 504 g/mol. The van der Waals surface area contributed by atoms with Gasteiger partial charge in [0, 0.05) is 35.7 Å². The standard InChI is InChI=1S/C24H21BrCl2N2O/c25-19-8-6-18(7-9-19)23(17-4-2-1-3-5-17)28-12-14-29(15-13-28)24(30)21-11-10-20(26)16-22(21)27/h1-11,16,23H,12-15H2/t23-/m0/s1. The highest BCUT2D eigenvalue weighted by Gasteiger charge is 2.29. The molecule has 1 aliphatic rings. The summed E-state index contributed by atoms with van der Waals surface area (Å²) in [6, 6.07) is 24.2. The molecule has 3 aromatic carbocycles. The minimum atomic E-state index is -0.0452. The van der Waals surface area contributed by atoms with Gasteiger partial charge in [-0.2, -0.15) is 0 Å². The molecule has 0 radical (unpaired) electrons. The maximum absolute atomic E-state index is 13.0. The summed E-state index contributed by atoms with van der Waals surface area (Å²) in [5.74, 6) is -0.0452. The summed E-state index contributed by atoms with van der Waals surface area (Å²) in [5, 5.41) is 0.925. The van der Waals surface area contributed by atoms with Crippen LogP contribution in [0.1, 0.15) is 27.5 Å². The first-order valence-electron chi connectivity index (χ1n) is 9.82. The van der Waals surface area contributed by atoms with E-state index < -0.39 is 0 Å². The number of hydrogen-bond acceptors (Lipinski definition) is 2. The number of carbonyl (C=O) groups is 1. The first kappa shape index (κ1) is 21.4. The Balaban J connectivity index is 1.53. The number of nitrogens with zero attached hydrogens (tertiary/aromatic N) is 2. The van der Waals surface area contributed by atoms with Crippen LogP contribution in [-0.2, 0) is 0 Å². The van der Waals surface area contributed by atoms with Crippen molar-refractivity contribution >= 4 is 45.0 Å². The van der Waals surface area contributed by atoms with E-state index in [-0.39, 0.29) is 11.9 Å². The number of rotatable bonds is 4. The zero-order valence-corrected chi connectivity index (χ0v) is 19.4. The minimum absolute atomic E-state index is 0.0452. The van der Waals surface area contributed by atoms with E-state index in [0.29, 0.717) is 28.7 Å². The lowest BCUT2D eigenvalue weighted by molar-refractivity contribution is 0.0597. The van der Waals surface area contributed by atoms with Crippen molar-refractivity contribution in [3.05, 3.63) is 104 Å². The van der Waals surface area contributed by atoms with Gasteiger partial charge >= 0.3 is 0 Å². The topological polar surface area (TPSA) is 23.6 Å². The van der Waals surface area contributed by atoms with E-state index in [1.54, 1.807) is 18.2 Å². The van der Waals surface area contributed by atoms with Gasteiger partial charge in [-0.1, -0.05) is 81.6 Å². The van der Waals surface area contributed by atoms with Crippen molar-refractivity contribution in [2.24, 2.45) is 0 Å². The fourth-order valence-corrected chi connectivity index (χ4v) is 4.66. The van der Waals surface area contributed by atoms with Crippen molar-refractivity contribution in [2.45, 2.75) is 6.04 Å². The summed E-state index contributed by atoms with van der Waals surface area (Å²) in [5.41, 5.74) is 2.99. The molecule has 1 fully saturated rings. The third kappa shape index (κ3) is 4.73. The number of halogens is 3. The van der Waals surface area contributed by atoms with E-state index >= 15 is 0 Å². The maximum atomic E-state index is 13.0. The Hall–Kier alpha value is -1.85. The summed E-state index contributed by atoms with van der Waals surface area (Å²) < 4.78 is 1.06. The van der Waals surface area contributed by atoms with Gasteiger partial charge in [-0.05, 0) is 41.5 Å². The Labute approximate surface area is 195 Å². The van der Waals surface area contributed by atoms with Crippen LogP contribution in [0.3, 0.4) is 0 Å². The van der Waals surface area contributed by atoms with Gasteiger partial charge in [-0.3, -0.25) is 9.69 Å². The second-order valence-electron chi connectivity index (χ2n) is 7.32. The molecule has 1 atom stereocenters. The van der Waals surface area contributed by atoms with Crippen LogP contribution in [0.5, 0.6) is 0 Å². The molecule has 0 spiro atoms. The molecule has 6 heteroatoms. The van der Waals surface area contributed by atoms with Crippen molar-refractivity contribution < 1.29 is 4.79 Å². The zero-order chi connectivity index (χ0) is 21.1. The summed E-state index contributed by atoms with van der Waals surface area (Å²) in [4.78, 5) is 17.3. The Morgan fingerprint density at radius 1 is 0.833 bits per heavy atom. The molecule has 0 bridgehead atoms. The number of amides is 1. The third-order valence-electron chi connectivity index (χ3n) is 5.43. The zero-order valence-electron chi connectivity index (χ0n) is 16.3. The predicted octanol–water partition coefficient (Wildman–Crippen LogP) is 6.30. The predicted molar refractivity (Wildman–Crippen MR) is 126 cm³/mol. The highest BCUT2D eigenvalue weighted by molar-refractivity contribution is 9.10. The molecule has 0 unspecified atom stereocenters. The minimum Gasteiger partial charge on any atom is -0.336 e. The van der Waals surface area contributed by atoms with E-state index in [0.717, 1.165) is 17.6 Å². The lowest BCUT2D eigenvalue weighted by atomic mass is 9.96. The number of carbonyl (C=O) groups excluding carboxylic acids is 1. The normalized spacial score (nSPS) is 15.8. The molecule has 0 aliphatic carbocycles. The van der Waals surface area contributed by atoms with Gasteiger partial charge in [-0.15, -0.1) is 0 Å². The second kappa shape index (κ2) is 9.52. The molecule has 0 saturated carbocycles. The van der Waals surface area contributed by atoms with Crippen LogP contribution in [0, 0.1) is 0 Å². The van der Waals surface area contributed by atoms with Gasteiger partial charge in [0.25, 0.3) is 5.91 Å². The molecule has 3 aromatic rings. The smallest absolute Gasteiger partial charge is 0.255 e. The Morgan fingerprint density at radius 2 is 1.47 bits per heavy atom. The van der Waals surface area contributed by atoms with Crippen LogP contribution >= 0.6 is 39.1 Å². The largest absolute Gasteiger partial charge is 0.336 e. The van der Waals surface area contributed by atoms with Crippen LogP contribution in [-0.4, -0.2) is 41.9 Å². The van der Waals surface area contributed by atoms with E-state index in [2.05, 4.69) is 69.4 Å². The molecule has 0 aromatic heterocycles. The van der Waals surface area contributed by atoms with Crippen LogP contribution in [0.2, 0.25) is 10.0 Å². The SMILES string of the molecule is O=C(c1ccc(Cl)cc1Cl)N1CCN([C@@H](c2ccccc2)c2ccc(Br)cc2)CC1. The first-order chi connectivity index (χ1) is 14.5. The lowest BCUT2D eigenvalue weighted by Crippen LogP contribution is -2.49. The number of benzene rings is 3. The van der Waals surface area contributed by atoms with Crippen LogP contribution in [0.15, 0.2) is 77.3 Å². The summed E-state index contributed by atoms with van der Waals surface area (Å²) in [6.07, 6.45) is 0. The Kier molecular flexibility index (Phi) is 6.79. The molecule has 1 heterocycles. The fourth-order valence-electron chi connectivity index (χ4n) is 3.91. The molecule has 1 saturated heterocycles. The highest BCUT2D eigenvalue weighted by atomic mass is 79.9. The van der Waals surface area contributed by atoms with E-state index in [4.69, 9.17) is 23.2 Å². The second-order valence-corrected chi connectivity index (χ2v) is 9.08. The quantitative estimate of drug-likeness (QED) is 0.416. The third-order valence-corrected chi connectivity index (χ3v) is 6.51. The van der Waals surface area contributed by atoms with Crippen molar-refractivity contribution in [3.8, 4) is 0 Å². The van der Waals surface area contributed by atoms with Crippen molar-refractivity contribution in [1.29, 1.82) is 0 Å². The summed E-state index contributed by atoms with van der Waals surface area (Å²) in [7, 11) is 0. The number of piperazine rings is 1. The fraction of sp³-hybridized carbons (Fsp3) is 0.208. The molecular formula is C24H21BrCl2N2O. The van der Waals surface area contributed by atoms with Gasteiger partial charge in [-0.25, -0.2) is 0 Å². The molecule has 1 aliphatic heterocycles. The van der Waals surface area contributed by atoms with Crippen molar-refractivity contribution in [1.82, 2.24) is 9.80 Å². The van der Waals surface area contributed by atoms with Gasteiger partial charge < -0.3 is 4.90 Å². The Bertz CT molecular complexity index is 1020. The van der Waals surface area contributed by atoms with Gasteiger partial charge in [0.15, 0.2) is 0 Å². The molecule has 1 amide bonds. The van der Waals surface area contributed by atoms with Crippen LogP contribution in [0.4, 0.5) is 0 Å². The molecular weight excluding hydrogens is 483 g/mol. The molecule has 3 nitrogen and oxygen atoms in total. The van der Waals surface area contributed by atoms with Crippen LogP contribution in [0.25, 0.3) is 0 Å². The monoisotopic (exact) mass is 502 g/mol. The van der Waals surface area contributed by atoms with E-state index in [1.165, 1.54) is 11.1 Å². The van der Waals surface area contributed by atoms with E-state index in [1.807, 2.05) is 11.0 Å². The molecule has 30 heavy (non-hydrogen) atoms. The Morgan fingerprint density at radius 3 is 2.10 bits per heavy atom. The maximum Gasteiger partial charge on any atom is 0.255 e. The molecule has 4 rings (SSSR count). The van der Waals surface area contributed by atoms with Crippen molar-refractivity contribution in [3.63, 3.8) is 0 Å². The number of hydrogen-bond donors (Lipinski definition) is 0. The molecule has 0 N–H and O–H groups in total. The lowest BCUT2D eigenvalue weighted by Gasteiger charge is -2.40. The van der Waals surface area contributed by atoms with Crippen molar-refractivity contribution in [2.75, 3.05) is 26.2 Å². The summed E-state index contributed by atoms with van der Waals surface area (Å²) >= 11 is 15.7. The van der Waals surface area contributed by atoms with E-state index in [9.17, 15) is 4.79 Å². The van der Waals surface area contributed by atoms with Gasteiger partial charge in [0.2, 0.25) is 0 Å². The average Bonchev–Trinajstić information content (AvgIpc) is 2.76. The van der Waals surface area contributed by atoms with Crippen LogP contribution < -0.4 is 0 Å². The first-order valence-corrected chi connectivity index (χ1v) is 11.4. The summed E-state index contributed by atoms with van der Waals surface area (Å²) in [6.45, 7) is 2.87. The highest BCUT2D eigenvalue weighted by Crippen LogP contribution is 2.31. The van der Waals surface area contributed by atoms with Gasteiger partial charge in [0.1, 0.15) is 0 Å².